The van der Waals surface area contributed by atoms with Crippen LogP contribution in [-0.4, -0.2) is 54.2 Å². The molecule has 4 fully saturated rings. The van der Waals surface area contributed by atoms with Gasteiger partial charge in [0, 0.05) is 37.7 Å². The van der Waals surface area contributed by atoms with Crippen molar-refractivity contribution >= 4 is 11.7 Å². The molecule has 1 amide bonds. The highest BCUT2D eigenvalue weighted by atomic mass is 19.1. The summed E-state index contributed by atoms with van der Waals surface area (Å²) in [5, 5.41) is 10.0. The van der Waals surface area contributed by atoms with Gasteiger partial charge in [0.1, 0.15) is 17.7 Å². The Morgan fingerprint density at radius 3 is 2.63 bits per heavy atom. The van der Waals surface area contributed by atoms with Crippen LogP contribution in [0.4, 0.5) is 10.2 Å². The summed E-state index contributed by atoms with van der Waals surface area (Å²) >= 11 is 0. The van der Waals surface area contributed by atoms with E-state index in [1.165, 1.54) is 12.1 Å². The van der Waals surface area contributed by atoms with E-state index in [4.69, 9.17) is 9.72 Å². The lowest BCUT2D eigenvalue weighted by atomic mass is 9.98. The summed E-state index contributed by atoms with van der Waals surface area (Å²) in [5.74, 6) is 1.61. The van der Waals surface area contributed by atoms with E-state index in [-0.39, 0.29) is 29.8 Å². The van der Waals surface area contributed by atoms with Gasteiger partial charge in [0.05, 0.1) is 29.3 Å². The minimum Gasteiger partial charge on any atom is -0.378 e. The molecule has 1 aromatic carbocycles. The van der Waals surface area contributed by atoms with Crippen LogP contribution in [0.25, 0.3) is 11.1 Å². The summed E-state index contributed by atoms with van der Waals surface area (Å²) in [6.07, 6.45) is 5.38. The highest BCUT2D eigenvalue weighted by Crippen LogP contribution is 2.46. The largest absolute Gasteiger partial charge is 0.378 e. The monoisotopic (exact) mass is 474 g/mol. The van der Waals surface area contributed by atoms with E-state index in [0.717, 1.165) is 54.7 Å². The zero-order valence-corrected chi connectivity index (χ0v) is 20.1. The highest BCUT2D eigenvalue weighted by molar-refractivity contribution is 5.83. The molecule has 3 atom stereocenters. The summed E-state index contributed by atoms with van der Waals surface area (Å²) in [7, 11) is 0. The number of hydrogen-bond acceptors (Lipinski definition) is 5. The highest BCUT2D eigenvalue weighted by Gasteiger charge is 2.50. The van der Waals surface area contributed by atoms with E-state index in [2.05, 4.69) is 15.9 Å². The van der Waals surface area contributed by atoms with Crippen LogP contribution in [0.3, 0.4) is 0 Å². The van der Waals surface area contributed by atoms with E-state index >= 15 is 0 Å². The van der Waals surface area contributed by atoms with E-state index in [1.807, 2.05) is 13.0 Å². The zero-order chi connectivity index (χ0) is 24.1. The van der Waals surface area contributed by atoms with Crippen molar-refractivity contribution in [2.24, 2.45) is 11.8 Å². The lowest BCUT2D eigenvalue weighted by Gasteiger charge is -2.43. The predicted octanol–water partition coefficient (Wildman–Crippen LogP) is 4.49. The Bertz CT molecular complexity index is 1170. The molecule has 1 aliphatic heterocycles. The number of amides is 1. The molecule has 0 N–H and O–H groups in total. The van der Waals surface area contributed by atoms with Crippen molar-refractivity contribution in [3.63, 3.8) is 0 Å². The number of nitrogens with zero attached hydrogens (tertiary/aromatic N) is 4. The molecule has 7 heteroatoms. The maximum Gasteiger partial charge on any atom is 0.228 e. The van der Waals surface area contributed by atoms with Crippen molar-refractivity contribution in [2.45, 2.75) is 57.1 Å². The second kappa shape index (κ2) is 8.91. The van der Waals surface area contributed by atoms with Gasteiger partial charge in [-0.15, -0.1) is 0 Å². The SMILES string of the molecule is CCO[C@H]1C[C@@H]1C(=O)N1CCN(c2nc(C3CC3)c(-c3ccc(F)cc3)cc2C#N)CC1C1CC1. The van der Waals surface area contributed by atoms with E-state index in [1.54, 1.807) is 12.1 Å². The van der Waals surface area contributed by atoms with Gasteiger partial charge in [-0.1, -0.05) is 12.1 Å². The van der Waals surface area contributed by atoms with Crippen LogP contribution >= 0.6 is 0 Å². The van der Waals surface area contributed by atoms with Crippen molar-refractivity contribution in [3.8, 4) is 17.2 Å². The number of ether oxygens (including phenoxy) is 1. The molecular formula is C28H31FN4O2. The summed E-state index contributed by atoms with van der Waals surface area (Å²) < 4.78 is 19.2. The summed E-state index contributed by atoms with van der Waals surface area (Å²) in [6, 6.07) is 10.9. The van der Waals surface area contributed by atoms with Crippen LogP contribution in [-0.2, 0) is 9.53 Å². The third kappa shape index (κ3) is 4.40. The van der Waals surface area contributed by atoms with Gasteiger partial charge in [-0.05, 0) is 68.7 Å². The number of benzene rings is 1. The van der Waals surface area contributed by atoms with Gasteiger partial charge in [0.15, 0.2) is 0 Å². The molecule has 35 heavy (non-hydrogen) atoms. The van der Waals surface area contributed by atoms with Crippen LogP contribution in [0.15, 0.2) is 30.3 Å². The molecule has 6 nitrogen and oxygen atoms in total. The first-order valence-electron chi connectivity index (χ1n) is 12.9. The maximum absolute atomic E-state index is 13.5. The Morgan fingerprint density at radius 1 is 1.20 bits per heavy atom. The number of halogens is 1. The Labute approximate surface area is 205 Å². The Hall–Kier alpha value is -2.98. The number of piperazine rings is 1. The molecule has 2 aromatic rings. The molecule has 3 saturated carbocycles. The number of carbonyl (C=O) groups excluding carboxylic acids is 1. The first-order valence-corrected chi connectivity index (χ1v) is 12.9. The quantitative estimate of drug-likeness (QED) is 0.592. The summed E-state index contributed by atoms with van der Waals surface area (Å²) in [5.41, 5.74) is 3.37. The minimum atomic E-state index is -0.274. The molecule has 1 unspecified atom stereocenters. The zero-order valence-electron chi connectivity index (χ0n) is 20.1. The predicted molar refractivity (Wildman–Crippen MR) is 130 cm³/mol. The van der Waals surface area contributed by atoms with Gasteiger partial charge in [-0.3, -0.25) is 4.79 Å². The van der Waals surface area contributed by atoms with Gasteiger partial charge in [0.25, 0.3) is 0 Å². The molecule has 0 radical (unpaired) electrons. The first kappa shape index (κ1) is 22.5. The normalized spacial score (nSPS) is 25.9. The maximum atomic E-state index is 13.5. The molecule has 0 bridgehead atoms. The van der Waals surface area contributed by atoms with Crippen molar-refractivity contribution in [1.29, 1.82) is 5.26 Å². The number of rotatable bonds is 7. The Balaban J connectivity index is 1.28. The molecule has 1 aromatic heterocycles. The number of nitriles is 1. The van der Waals surface area contributed by atoms with Crippen molar-refractivity contribution < 1.29 is 13.9 Å². The van der Waals surface area contributed by atoms with Gasteiger partial charge in [0.2, 0.25) is 5.91 Å². The molecule has 1 saturated heterocycles. The fraction of sp³-hybridized carbons (Fsp3) is 0.536. The van der Waals surface area contributed by atoms with Crippen molar-refractivity contribution in [2.75, 3.05) is 31.1 Å². The van der Waals surface area contributed by atoms with Gasteiger partial charge < -0.3 is 14.5 Å². The van der Waals surface area contributed by atoms with Gasteiger partial charge >= 0.3 is 0 Å². The third-order valence-corrected chi connectivity index (χ3v) is 7.87. The molecule has 0 spiro atoms. The van der Waals surface area contributed by atoms with Crippen LogP contribution < -0.4 is 4.90 Å². The smallest absolute Gasteiger partial charge is 0.228 e. The van der Waals surface area contributed by atoms with E-state index in [0.29, 0.717) is 43.6 Å². The number of pyridine rings is 1. The van der Waals surface area contributed by atoms with Crippen molar-refractivity contribution in [1.82, 2.24) is 9.88 Å². The lowest BCUT2D eigenvalue weighted by molar-refractivity contribution is -0.136. The fourth-order valence-electron chi connectivity index (χ4n) is 5.57. The molecular weight excluding hydrogens is 443 g/mol. The lowest BCUT2D eigenvalue weighted by Crippen LogP contribution is -2.57. The van der Waals surface area contributed by atoms with Crippen LogP contribution in [0.5, 0.6) is 0 Å². The second-order valence-electron chi connectivity index (χ2n) is 10.4. The molecule has 6 rings (SSSR count). The standard InChI is InChI=1S/C28H31FN4O2/c1-2-35-25-14-23(25)28(34)33-12-11-32(16-24(33)18-3-4-18)27-20(15-30)13-22(26(31-27)19-5-6-19)17-7-9-21(29)10-8-17/h7-10,13,18-19,23-25H,2-6,11-12,14,16H2,1H3/t23-,24?,25-/m0/s1. The van der Waals surface area contributed by atoms with Gasteiger partial charge in [-0.2, -0.15) is 5.26 Å². The number of anilines is 1. The summed E-state index contributed by atoms with van der Waals surface area (Å²) in [6.45, 7) is 4.66. The van der Waals surface area contributed by atoms with Crippen LogP contribution in [0.1, 0.15) is 56.2 Å². The molecule has 3 aliphatic carbocycles. The number of aromatic nitrogens is 1. The fourth-order valence-corrected chi connectivity index (χ4v) is 5.57. The molecule has 182 valence electrons. The number of carbonyl (C=O) groups is 1. The first-order chi connectivity index (χ1) is 17.1. The van der Waals surface area contributed by atoms with E-state index in [9.17, 15) is 14.4 Å². The third-order valence-electron chi connectivity index (χ3n) is 7.87. The van der Waals surface area contributed by atoms with Crippen LogP contribution in [0.2, 0.25) is 0 Å². The molecule has 4 aliphatic rings. The topological polar surface area (TPSA) is 69.5 Å². The minimum absolute atomic E-state index is 0.00649. The van der Waals surface area contributed by atoms with E-state index < -0.39 is 0 Å². The average Bonchev–Trinajstić information content (AvgIpc) is 3.73. The average molecular weight is 475 g/mol. The second-order valence-corrected chi connectivity index (χ2v) is 10.4. The Kier molecular flexibility index (Phi) is 5.72. The van der Waals surface area contributed by atoms with Gasteiger partial charge in [-0.25, -0.2) is 9.37 Å². The van der Waals surface area contributed by atoms with Crippen molar-refractivity contribution in [3.05, 3.63) is 47.4 Å². The molecule has 2 heterocycles. The number of hydrogen-bond donors (Lipinski definition) is 0. The summed E-state index contributed by atoms with van der Waals surface area (Å²) in [4.78, 5) is 22.7. The van der Waals surface area contributed by atoms with Crippen LogP contribution in [0, 0.1) is 29.0 Å². The Morgan fingerprint density at radius 2 is 1.97 bits per heavy atom.